The van der Waals surface area contributed by atoms with Gasteiger partial charge in [0.25, 0.3) is 0 Å². The Labute approximate surface area is 172 Å². The molecule has 0 unspecified atom stereocenters. The van der Waals surface area contributed by atoms with Crippen LogP contribution in [0.15, 0.2) is 72.8 Å². The SMILES string of the molecule is C[Si](C)(C)CCOCn1c2ccccc2c2c3ccccc3c3ccccc3c21. The summed E-state index contributed by atoms with van der Waals surface area (Å²) in [5, 5.41) is 7.88. The van der Waals surface area contributed by atoms with Gasteiger partial charge in [0.2, 0.25) is 0 Å². The molecule has 0 spiro atoms. The largest absolute Gasteiger partial charge is 0.361 e. The van der Waals surface area contributed by atoms with E-state index in [1.165, 1.54) is 49.4 Å². The van der Waals surface area contributed by atoms with Crippen LogP contribution < -0.4 is 0 Å². The fraction of sp³-hybridized carbons (Fsp3) is 0.231. The van der Waals surface area contributed by atoms with Gasteiger partial charge in [0, 0.05) is 30.8 Å². The lowest BCUT2D eigenvalue weighted by atomic mass is 9.97. The summed E-state index contributed by atoms with van der Waals surface area (Å²) in [5.74, 6) is 0. The third-order valence-electron chi connectivity index (χ3n) is 5.86. The van der Waals surface area contributed by atoms with E-state index in [0.717, 1.165) is 6.61 Å². The second kappa shape index (κ2) is 7.01. The molecule has 0 aliphatic heterocycles. The molecule has 0 aliphatic rings. The van der Waals surface area contributed by atoms with E-state index in [4.69, 9.17) is 4.74 Å². The van der Waals surface area contributed by atoms with Crippen molar-refractivity contribution in [2.45, 2.75) is 32.4 Å². The number of rotatable bonds is 5. The highest BCUT2D eigenvalue weighted by molar-refractivity contribution is 6.76. The number of benzene rings is 4. The lowest BCUT2D eigenvalue weighted by Gasteiger charge is -2.16. The first kappa shape index (κ1) is 18.4. The third-order valence-corrected chi connectivity index (χ3v) is 7.56. The summed E-state index contributed by atoms with van der Waals surface area (Å²) in [6.45, 7) is 8.62. The molecule has 0 bridgehead atoms. The van der Waals surface area contributed by atoms with E-state index in [1.807, 2.05) is 0 Å². The maximum absolute atomic E-state index is 6.23. The van der Waals surface area contributed by atoms with E-state index >= 15 is 0 Å². The van der Waals surface area contributed by atoms with E-state index in [9.17, 15) is 0 Å². The molecule has 0 radical (unpaired) electrons. The van der Waals surface area contributed by atoms with E-state index in [0.29, 0.717) is 6.73 Å². The Bertz CT molecular complexity index is 1340. The summed E-state index contributed by atoms with van der Waals surface area (Å²) in [4.78, 5) is 0. The van der Waals surface area contributed by atoms with Crippen LogP contribution in [0.3, 0.4) is 0 Å². The van der Waals surface area contributed by atoms with Gasteiger partial charge in [-0.15, -0.1) is 0 Å². The molecule has 5 rings (SSSR count). The van der Waals surface area contributed by atoms with Crippen LogP contribution in [0.1, 0.15) is 0 Å². The lowest BCUT2D eigenvalue weighted by molar-refractivity contribution is 0.0930. The van der Waals surface area contributed by atoms with E-state index in [2.05, 4.69) is 97.0 Å². The van der Waals surface area contributed by atoms with Crippen LogP contribution in [0.25, 0.3) is 43.4 Å². The standard InChI is InChI=1S/C26H27NOSi/c1-29(2,3)17-16-28-18-27-24-15-9-8-14-23(24)25-21-12-6-4-10-19(21)20-11-5-7-13-22(20)26(25)27/h4-15H,16-18H2,1-3H3. The Kier molecular flexibility index (Phi) is 4.45. The Hall–Kier alpha value is -2.62. The summed E-state index contributed by atoms with van der Waals surface area (Å²) < 4.78 is 8.61. The minimum atomic E-state index is -1.10. The zero-order valence-corrected chi connectivity index (χ0v) is 18.4. The first-order valence-corrected chi connectivity index (χ1v) is 14.1. The molecule has 0 atom stereocenters. The van der Waals surface area contributed by atoms with Crippen molar-refractivity contribution >= 4 is 51.4 Å². The molecule has 1 heterocycles. The van der Waals surface area contributed by atoms with Crippen molar-refractivity contribution in [3.63, 3.8) is 0 Å². The summed E-state index contributed by atoms with van der Waals surface area (Å²) in [6.07, 6.45) is 0. The van der Waals surface area contributed by atoms with Crippen molar-refractivity contribution in [1.82, 2.24) is 4.57 Å². The number of nitrogens with zero attached hydrogens (tertiary/aromatic N) is 1. The summed E-state index contributed by atoms with van der Waals surface area (Å²) >= 11 is 0. The molecule has 0 N–H and O–H groups in total. The molecular formula is C26H27NOSi. The molecule has 0 saturated heterocycles. The highest BCUT2D eigenvalue weighted by Crippen LogP contribution is 2.40. The highest BCUT2D eigenvalue weighted by atomic mass is 28.3. The van der Waals surface area contributed by atoms with Crippen LogP contribution in [0.5, 0.6) is 0 Å². The average molecular weight is 398 g/mol. The molecule has 0 aliphatic carbocycles. The topological polar surface area (TPSA) is 14.2 Å². The van der Waals surface area contributed by atoms with Crippen LogP contribution >= 0.6 is 0 Å². The predicted molar refractivity (Wildman–Crippen MR) is 129 cm³/mol. The minimum absolute atomic E-state index is 0.594. The van der Waals surface area contributed by atoms with Crippen LogP contribution in [0.4, 0.5) is 0 Å². The maximum Gasteiger partial charge on any atom is 0.123 e. The van der Waals surface area contributed by atoms with Crippen molar-refractivity contribution in [1.29, 1.82) is 0 Å². The molecule has 4 aromatic carbocycles. The fourth-order valence-electron chi connectivity index (χ4n) is 4.38. The van der Waals surface area contributed by atoms with E-state index < -0.39 is 8.07 Å². The number of hydrogen-bond acceptors (Lipinski definition) is 1. The van der Waals surface area contributed by atoms with Crippen LogP contribution in [0, 0.1) is 0 Å². The molecule has 29 heavy (non-hydrogen) atoms. The van der Waals surface area contributed by atoms with Crippen LogP contribution in [-0.2, 0) is 11.5 Å². The van der Waals surface area contributed by atoms with Gasteiger partial charge in [-0.05, 0) is 28.3 Å². The Balaban J connectivity index is 1.80. The number of ether oxygens (including phenoxy) is 1. The molecule has 146 valence electrons. The molecule has 0 amide bonds. The van der Waals surface area contributed by atoms with Gasteiger partial charge in [-0.1, -0.05) is 86.4 Å². The second-order valence-electron chi connectivity index (χ2n) is 9.11. The number of aromatic nitrogens is 1. The van der Waals surface area contributed by atoms with E-state index in [-0.39, 0.29) is 0 Å². The number of para-hydroxylation sites is 1. The van der Waals surface area contributed by atoms with Crippen LogP contribution in [0.2, 0.25) is 25.7 Å². The smallest absolute Gasteiger partial charge is 0.123 e. The molecule has 5 aromatic rings. The van der Waals surface area contributed by atoms with Crippen molar-refractivity contribution < 1.29 is 4.74 Å². The monoisotopic (exact) mass is 397 g/mol. The third kappa shape index (κ3) is 3.15. The van der Waals surface area contributed by atoms with Gasteiger partial charge in [-0.2, -0.15) is 0 Å². The Morgan fingerprint density at radius 2 is 1.24 bits per heavy atom. The molecule has 1 aromatic heterocycles. The zero-order chi connectivity index (χ0) is 20.0. The van der Waals surface area contributed by atoms with Gasteiger partial charge >= 0.3 is 0 Å². The van der Waals surface area contributed by atoms with Crippen molar-refractivity contribution in [3.05, 3.63) is 72.8 Å². The molecule has 3 heteroatoms. The molecule has 2 nitrogen and oxygen atoms in total. The molecule has 0 saturated carbocycles. The average Bonchev–Trinajstić information content (AvgIpc) is 3.06. The van der Waals surface area contributed by atoms with Crippen molar-refractivity contribution in [2.75, 3.05) is 6.61 Å². The first-order valence-electron chi connectivity index (χ1n) is 10.4. The van der Waals surface area contributed by atoms with Gasteiger partial charge in [0.15, 0.2) is 0 Å². The molecular weight excluding hydrogens is 370 g/mol. The Morgan fingerprint density at radius 3 is 1.93 bits per heavy atom. The van der Waals surface area contributed by atoms with Crippen LogP contribution in [-0.4, -0.2) is 19.2 Å². The minimum Gasteiger partial charge on any atom is -0.361 e. The van der Waals surface area contributed by atoms with E-state index in [1.54, 1.807) is 0 Å². The number of fused-ring (bicyclic) bond motifs is 8. The van der Waals surface area contributed by atoms with Gasteiger partial charge in [-0.3, -0.25) is 0 Å². The van der Waals surface area contributed by atoms with Gasteiger partial charge in [-0.25, -0.2) is 0 Å². The van der Waals surface area contributed by atoms with Gasteiger partial charge in [0.05, 0.1) is 11.0 Å². The molecule has 0 fully saturated rings. The quantitative estimate of drug-likeness (QED) is 0.171. The van der Waals surface area contributed by atoms with Gasteiger partial charge < -0.3 is 9.30 Å². The Morgan fingerprint density at radius 1 is 0.690 bits per heavy atom. The summed E-state index contributed by atoms with van der Waals surface area (Å²) in [6, 6.07) is 27.5. The fourth-order valence-corrected chi connectivity index (χ4v) is 5.14. The lowest BCUT2D eigenvalue weighted by Crippen LogP contribution is -2.22. The van der Waals surface area contributed by atoms with Gasteiger partial charge in [0.1, 0.15) is 6.73 Å². The second-order valence-corrected chi connectivity index (χ2v) is 14.7. The summed E-state index contributed by atoms with van der Waals surface area (Å²) in [5.41, 5.74) is 2.53. The first-order chi connectivity index (χ1) is 14.0. The van der Waals surface area contributed by atoms with Crippen molar-refractivity contribution in [2.24, 2.45) is 0 Å². The maximum atomic E-state index is 6.23. The summed E-state index contributed by atoms with van der Waals surface area (Å²) in [7, 11) is -1.10. The van der Waals surface area contributed by atoms with Crippen molar-refractivity contribution in [3.8, 4) is 0 Å². The number of hydrogen-bond donors (Lipinski definition) is 0. The zero-order valence-electron chi connectivity index (χ0n) is 17.4. The predicted octanol–water partition coefficient (Wildman–Crippen LogP) is 7.41. The highest BCUT2D eigenvalue weighted by Gasteiger charge is 2.18. The normalized spacial score (nSPS) is 12.5.